The van der Waals surface area contributed by atoms with Crippen molar-refractivity contribution in [1.82, 2.24) is 5.32 Å². The standard InChI is InChI=1S/C9H16ClNO/c1-7(10)5-11-6-9-4-3-8(2)12-9/h8-9,11H,1,3-6H2,2H3. The number of hydrogen-bond donors (Lipinski definition) is 1. The van der Waals surface area contributed by atoms with Crippen LogP contribution in [0.25, 0.3) is 0 Å². The van der Waals surface area contributed by atoms with Gasteiger partial charge in [-0.15, -0.1) is 0 Å². The van der Waals surface area contributed by atoms with Crippen LogP contribution in [0, 0.1) is 0 Å². The van der Waals surface area contributed by atoms with Crippen LogP contribution in [-0.4, -0.2) is 25.3 Å². The third-order valence-electron chi connectivity index (χ3n) is 2.01. The lowest BCUT2D eigenvalue weighted by molar-refractivity contribution is 0.0566. The molecule has 0 aliphatic carbocycles. The second kappa shape index (κ2) is 4.85. The maximum absolute atomic E-state index is 5.61. The first-order valence-corrected chi connectivity index (χ1v) is 4.75. The Morgan fingerprint density at radius 3 is 2.92 bits per heavy atom. The van der Waals surface area contributed by atoms with Crippen LogP contribution < -0.4 is 5.32 Å². The van der Waals surface area contributed by atoms with Crippen molar-refractivity contribution in [3.05, 3.63) is 11.6 Å². The van der Waals surface area contributed by atoms with Gasteiger partial charge in [-0.25, -0.2) is 0 Å². The highest BCUT2D eigenvalue weighted by Gasteiger charge is 2.20. The lowest BCUT2D eigenvalue weighted by Gasteiger charge is -2.11. The van der Waals surface area contributed by atoms with Crippen molar-refractivity contribution < 1.29 is 4.74 Å². The first-order chi connectivity index (χ1) is 5.68. The van der Waals surface area contributed by atoms with Gasteiger partial charge in [-0.05, 0) is 19.8 Å². The topological polar surface area (TPSA) is 21.3 Å². The molecular formula is C9H16ClNO. The molecule has 0 radical (unpaired) electrons. The van der Waals surface area contributed by atoms with Gasteiger partial charge in [-0.1, -0.05) is 18.2 Å². The molecule has 3 heteroatoms. The van der Waals surface area contributed by atoms with Gasteiger partial charge in [0, 0.05) is 18.1 Å². The Bertz CT molecular complexity index is 161. The van der Waals surface area contributed by atoms with Crippen molar-refractivity contribution in [3.63, 3.8) is 0 Å². The summed E-state index contributed by atoms with van der Waals surface area (Å²) in [4.78, 5) is 0. The monoisotopic (exact) mass is 189 g/mol. The van der Waals surface area contributed by atoms with Crippen molar-refractivity contribution in [1.29, 1.82) is 0 Å². The summed E-state index contributed by atoms with van der Waals surface area (Å²) in [5.41, 5.74) is 0. The first kappa shape index (κ1) is 10.0. The molecule has 1 aliphatic heterocycles. The molecule has 0 aromatic rings. The third kappa shape index (κ3) is 3.57. The number of nitrogens with one attached hydrogen (secondary N) is 1. The maximum Gasteiger partial charge on any atom is 0.0704 e. The molecule has 0 saturated carbocycles. The molecule has 1 rings (SSSR count). The molecule has 1 fully saturated rings. The normalized spacial score (nSPS) is 29.2. The molecule has 70 valence electrons. The van der Waals surface area contributed by atoms with Crippen LogP contribution in [0.15, 0.2) is 11.6 Å². The van der Waals surface area contributed by atoms with Crippen LogP contribution in [-0.2, 0) is 4.74 Å². The third-order valence-corrected chi connectivity index (χ3v) is 2.14. The van der Waals surface area contributed by atoms with E-state index in [0.717, 1.165) is 13.0 Å². The Morgan fingerprint density at radius 1 is 1.67 bits per heavy atom. The predicted molar refractivity (Wildman–Crippen MR) is 51.4 cm³/mol. The molecule has 0 spiro atoms. The van der Waals surface area contributed by atoms with Gasteiger partial charge < -0.3 is 10.1 Å². The molecule has 0 bridgehead atoms. The Kier molecular flexibility index (Phi) is 4.06. The highest BCUT2D eigenvalue weighted by atomic mass is 35.5. The maximum atomic E-state index is 5.61. The zero-order valence-electron chi connectivity index (χ0n) is 7.48. The smallest absolute Gasteiger partial charge is 0.0704 e. The van der Waals surface area contributed by atoms with Crippen molar-refractivity contribution >= 4 is 11.6 Å². The molecule has 12 heavy (non-hydrogen) atoms. The fraction of sp³-hybridized carbons (Fsp3) is 0.778. The van der Waals surface area contributed by atoms with E-state index >= 15 is 0 Å². The number of hydrogen-bond acceptors (Lipinski definition) is 2. The van der Waals surface area contributed by atoms with Crippen molar-refractivity contribution in [2.45, 2.75) is 32.0 Å². The Hall–Kier alpha value is -0.0500. The van der Waals surface area contributed by atoms with Crippen molar-refractivity contribution in [2.75, 3.05) is 13.1 Å². The zero-order chi connectivity index (χ0) is 8.97. The van der Waals surface area contributed by atoms with Crippen LogP contribution in [0.3, 0.4) is 0 Å². The second-order valence-corrected chi connectivity index (χ2v) is 3.83. The Labute approximate surface area is 78.9 Å². The Balaban J connectivity index is 2.04. The number of halogens is 1. The average molecular weight is 190 g/mol. The SMILES string of the molecule is C=C(Cl)CNCC1CCC(C)O1. The van der Waals surface area contributed by atoms with E-state index in [1.54, 1.807) is 0 Å². The summed E-state index contributed by atoms with van der Waals surface area (Å²) in [5, 5.41) is 3.84. The van der Waals surface area contributed by atoms with Gasteiger partial charge in [0.25, 0.3) is 0 Å². The lowest BCUT2D eigenvalue weighted by atomic mass is 10.2. The van der Waals surface area contributed by atoms with E-state index in [-0.39, 0.29) is 0 Å². The minimum absolute atomic E-state index is 0.371. The van der Waals surface area contributed by atoms with E-state index in [1.165, 1.54) is 6.42 Å². The van der Waals surface area contributed by atoms with Crippen molar-refractivity contribution in [2.24, 2.45) is 0 Å². The summed E-state index contributed by atoms with van der Waals surface area (Å²) < 4.78 is 5.61. The van der Waals surface area contributed by atoms with E-state index in [2.05, 4.69) is 18.8 Å². The minimum atomic E-state index is 0.371. The quantitative estimate of drug-likeness (QED) is 0.730. The van der Waals surface area contributed by atoms with Crippen LogP contribution >= 0.6 is 11.6 Å². The van der Waals surface area contributed by atoms with E-state index < -0.39 is 0 Å². The fourth-order valence-electron chi connectivity index (χ4n) is 1.40. The van der Waals surface area contributed by atoms with Gasteiger partial charge in [0.2, 0.25) is 0 Å². The minimum Gasteiger partial charge on any atom is -0.374 e. The second-order valence-electron chi connectivity index (χ2n) is 3.29. The van der Waals surface area contributed by atoms with Gasteiger partial charge in [0.15, 0.2) is 0 Å². The summed E-state index contributed by atoms with van der Waals surface area (Å²) in [5.74, 6) is 0. The molecule has 2 nitrogen and oxygen atoms in total. The summed E-state index contributed by atoms with van der Waals surface area (Å²) >= 11 is 5.59. The van der Waals surface area contributed by atoms with E-state index in [9.17, 15) is 0 Å². The van der Waals surface area contributed by atoms with Crippen LogP contribution in [0.4, 0.5) is 0 Å². The zero-order valence-corrected chi connectivity index (χ0v) is 8.23. The molecule has 1 aliphatic rings. The average Bonchev–Trinajstić information content (AvgIpc) is 2.35. The molecule has 1 N–H and O–H groups in total. The molecule has 1 saturated heterocycles. The summed E-state index contributed by atoms with van der Waals surface area (Å²) in [6.45, 7) is 7.27. The number of ether oxygens (including phenoxy) is 1. The van der Waals surface area contributed by atoms with E-state index in [4.69, 9.17) is 16.3 Å². The molecule has 2 atom stereocenters. The highest BCUT2D eigenvalue weighted by Crippen LogP contribution is 2.18. The highest BCUT2D eigenvalue weighted by molar-refractivity contribution is 6.29. The van der Waals surface area contributed by atoms with Crippen LogP contribution in [0.1, 0.15) is 19.8 Å². The number of rotatable bonds is 4. The predicted octanol–water partition coefficient (Wildman–Crippen LogP) is 1.90. The van der Waals surface area contributed by atoms with Gasteiger partial charge in [0.05, 0.1) is 12.2 Å². The van der Waals surface area contributed by atoms with Crippen LogP contribution in [0.5, 0.6) is 0 Å². The van der Waals surface area contributed by atoms with Gasteiger partial charge in [-0.3, -0.25) is 0 Å². The molecule has 2 unspecified atom stereocenters. The van der Waals surface area contributed by atoms with E-state index in [0.29, 0.717) is 23.8 Å². The summed E-state index contributed by atoms with van der Waals surface area (Å²) in [7, 11) is 0. The Morgan fingerprint density at radius 2 is 2.42 bits per heavy atom. The van der Waals surface area contributed by atoms with Gasteiger partial charge >= 0.3 is 0 Å². The fourth-order valence-corrected chi connectivity index (χ4v) is 1.50. The van der Waals surface area contributed by atoms with Crippen molar-refractivity contribution in [3.8, 4) is 0 Å². The van der Waals surface area contributed by atoms with Gasteiger partial charge in [-0.2, -0.15) is 0 Å². The molecule has 0 amide bonds. The van der Waals surface area contributed by atoms with Crippen LogP contribution in [0.2, 0.25) is 0 Å². The molecule has 0 aromatic carbocycles. The molecular weight excluding hydrogens is 174 g/mol. The molecule has 0 aromatic heterocycles. The summed E-state index contributed by atoms with van der Waals surface area (Å²) in [6.07, 6.45) is 3.13. The molecule has 1 heterocycles. The lowest BCUT2D eigenvalue weighted by Crippen LogP contribution is -2.27. The first-order valence-electron chi connectivity index (χ1n) is 4.38. The van der Waals surface area contributed by atoms with E-state index in [1.807, 2.05) is 0 Å². The largest absolute Gasteiger partial charge is 0.374 e. The summed E-state index contributed by atoms with van der Waals surface area (Å²) in [6, 6.07) is 0. The van der Waals surface area contributed by atoms with Gasteiger partial charge in [0.1, 0.15) is 0 Å².